The number of nitrogen functional groups attached to an aromatic ring is 1. The van der Waals surface area contributed by atoms with Crippen LogP contribution in [0, 0.1) is 0 Å². The molecule has 0 atom stereocenters. The second-order valence-electron chi connectivity index (χ2n) is 4.40. The Bertz CT molecular complexity index is 451. The molecular formula is C12H14N2O. The lowest BCUT2D eigenvalue weighted by molar-refractivity contribution is 0.0972. The summed E-state index contributed by atoms with van der Waals surface area (Å²) in [5, 5.41) is 0. The van der Waals surface area contributed by atoms with Crippen molar-refractivity contribution in [3.05, 3.63) is 22.5 Å². The van der Waals surface area contributed by atoms with Crippen LogP contribution in [0.5, 0.6) is 0 Å². The molecule has 3 heteroatoms. The SMILES string of the molecule is Nc1c2c(nc3c1C(=O)CCC3)CCC2. The number of pyridine rings is 1. The number of aryl methyl sites for hydroxylation is 2. The van der Waals surface area contributed by atoms with E-state index in [0.29, 0.717) is 6.42 Å². The fourth-order valence-corrected chi connectivity index (χ4v) is 2.70. The van der Waals surface area contributed by atoms with E-state index in [9.17, 15) is 4.79 Å². The molecule has 0 amide bonds. The van der Waals surface area contributed by atoms with Crippen LogP contribution < -0.4 is 5.73 Å². The van der Waals surface area contributed by atoms with Crippen LogP contribution in [-0.2, 0) is 19.3 Å². The van der Waals surface area contributed by atoms with Crippen LogP contribution in [0.4, 0.5) is 5.69 Å². The van der Waals surface area contributed by atoms with Gasteiger partial charge in [0.2, 0.25) is 0 Å². The van der Waals surface area contributed by atoms with E-state index in [-0.39, 0.29) is 5.78 Å². The molecule has 0 spiro atoms. The lowest BCUT2D eigenvalue weighted by Gasteiger charge is -2.18. The largest absolute Gasteiger partial charge is 0.398 e. The van der Waals surface area contributed by atoms with Crippen LogP contribution in [0.1, 0.15) is 46.6 Å². The Kier molecular flexibility index (Phi) is 1.81. The minimum absolute atomic E-state index is 0.191. The Morgan fingerprint density at radius 2 is 1.73 bits per heavy atom. The zero-order chi connectivity index (χ0) is 10.4. The van der Waals surface area contributed by atoms with E-state index < -0.39 is 0 Å². The molecule has 0 bridgehead atoms. The number of hydrogen-bond acceptors (Lipinski definition) is 3. The zero-order valence-corrected chi connectivity index (χ0v) is 8.68. The molecule has 0 fully saturated rings. The normalized spacial score (nSPS) is 18.8. The molecule has 0 aliphatic heterocycles. The van der Waals surface area contributed by atoms with E-state index in [1.165, 1.54) is 0 Å². The minimum atomic E-state index is 0.191. The van der Waals surface area contributed by atoms with Crippen molar-refractivity contribution in [3.8, 4) is 0 Å². The molecule has 2 N–H and O–H groups in total. The third-order valence-electron chi connectivity index (χ3n) is 3.44. The number of carbonyl (C=O) groups excluding carboxylic acids is 1. The van der Waals surface area contributed by atoms with Gasteiger partial charge in [0, 0.05) is 17.8 Å². The van der Waals surface area contributed by atoms with Gasteiger partial charge in [0.15, 0.2) is 5.78 Å². The van der Waals surface area contributed by atoms with Gasteiger partial charge in [-0.1, -0.05) is 0 Å². The van der Waals surface area contributed by atoms with E-state index in [1.807, 2.05) is 0 Å². The van der Waals surface area contributed by atoms with Gasteiger partial charge in [0.1, 0.15) is 0 Å². The Labute approximate surface area is 88.7 Å². The highest BCUT2D eigenvalue weighted by Gasteiger charge is 2.26. The predicted molar refractivity (Wildman–Crippen MR) is 57.9 cm³/mol. The first-order valence-electron chi connectivity index (χ1n) is 5.60. The third-order valence-corrected chi connectivity index (χ3v) is 3.44. The highest BCUT2D eigenvalue weighted by atomic mass is 16.1. The molecule has 2 aliphatic carbocycles. The standard InChI is InChI=1S/C12H14N2O/c13-12-7-3-1-4-8(7)14-9-5-2-6-10(15)11(9)12/h1-6H2,(H2,13,14). The number of ketones is 1. The van der Waals surface area contributed by atoms with Crippen molar-refractivity contribution in [1.82, 2.24) is 4.98 Å². The van der Waals surface area contributed by atoms with Crippen LogP contribution in [0.15, 0.2) is 0 Å². The van der Waals surface area contributed by atoms with E-state index in [1.54, 1.807) is 0 Å². The summed E-state index contributed by atoms with van der Waals surface area (Å²) in [6.45, 7) is 0. The lowest BCUT2D eigenvalue weighted by atomic mass is 9.91. The smallest absolute Gasteiger partial charge is 0.166 e. The molecule has 1 aromatic rings. The number of rotatable bonds is 0. The summed E-state index contributed by atoms with van der Waals surface area (Å²) in [6, 6.07) is 0. The molecular weight excluding hydrogens is 188 g/mol. The fraction of sp³-hybridized carbons (Fsp3) is 0.500. The van der Waals surface area contributed by atoms with Crippen molar-refractivity contribution in [2.75, 3.05) is 5.73 Å². The van der Waals surface area contributed by atoms with Gasteiger partial charge in [0.25, 0.3) is 0 Å². The number of nitrogens with zero attached hydrogens (tertiary/aromatic N) is 1. The third kappa shape index (κ3) is 1.19. The van der Waals surface area contributed by atoms with Gasteiger partial charge in [-0.05, 0) is 37.7 Å². The van der Waals surface area contributed by atoms with Gasteiger partial charge in [-0.2, -0.15) is 0 Å². The monoisotopic (exact) mass is 202 g/mol. The number of nitrogens with two attached hydrogens (primary N) is 1. The predicted octanol–water partition coefficient (Wildman–Crippen LogP) is 1.67. The molecule has 2 aliphatic rings. The summed E-state index contributed by atoms with van der Waals surface area (Å²) >= 11 is 0. The average Bonchev–Trinajstić information content (AvgIpc) is 2.66. The highest BCUT2D eigenvalue weighted by Crippen LogP contribution is 2.33. The maximum atomic E-state index is 11.8. The lowest BCUT2D eigenvalue weighted by Crippen LogP contribution is -2.17. The maximum Gasteiger partial charge on any atom is 0.166 e. The number of carbonyl (C=O) groups is 1. The first kappa shape index (κ1) is 8.89. The number of Topliss-reactive ketones (excluding diaryl/α,β-unsaturated/α-hetero) is 1. The van der Waals surface area contributed by atoms with Gasteiger partial charge in [-0.25, -0.2) is 0 Å². The van der Waals surface area contributed by atoms with E-state index in [4.69, 9.17) is 5.73 Å². The molecule has 0 saturated carbocycles. The van der Waals surface area contributed by atoms with Gasteiger partial charge < -0.3 is 5.73 Å². The van der Waals surface area contributed by atoms with E-state index in [0.717, 1.165) is 60.3 Å². The van der Waals surface area contributed by atoms with Crippen LogP contribution in [0.2, 0.25) is 0 Å². The molecule has 0 aromatic carbocycles. The van der Waals surface area contributed by atoms with Crippen molar-refractivity contribution in [2.45, 2.75) is 38.5 Å². The number of anilines is 1. The average molecular weight is 202 g/mol. The Morgan fingerprint density at radius 3 is 2.60 bits per heavy atom. The maximum absolute atomic E-state index is 11.8. The summed E-state index contributed by atoms with van der Waals surface area (Å²) in [4.78, 5) is 16.4. The molecule has 78 valence electrons. The number of fused-ring (bicyclic) bond motifs is 2. The number of hydrogen-bond donors (Lipinski definition) is 1. The molecule has 0 saturated heterocycles. The summed E-state index contributed by atoms with van der Waals surface area (Å²) in [7, 11) is 0. The van der Waals surface area contributed by atoms with Crippen molar-refractivity contribution in [2.24, 2.45) is 0 Å². The highest BCUT2D eigenvalue weighted by molar-refractivity contribution is 6.03. The van der Waals surface area contributed by atoms with Gasteiger partial charge in [-0.3, -0.25) is 9.78 Å². The molecule has 1 heterocycles. The first-order valence-corrected chi connectivity index (χ1v) is 5.60. The Morgan fingerprint density at radius 1 is 1.00 bits per heavy atom. The van der Waals surface area contributed by atoms with Crippen LogP contribution >= 0.6 is 0 Å². The molecule has 3 rings (SSSR count). The van der Waals surface area contributed by atoms with Crippen molar-refractivity contribution in [3.63, 3.8) is 0 Å². The second kappa shape index (κ2) is 3.05. The summed E-state index contributed by atoms with van der Waals surface area (Å²) in [6.07, 6.45) is 5.63. The minimum Gasteiger partial charge on any atom is -0.398 e. The van der Waals surface area contributed by atoms with Crippen LogP contribution in [0.25, 0.3) is 0 Å². The Balaban J connectivity index is 2.26. The van der Waals surface area contributed by atoms with Crippen LogP contribution in [0.3, 0.4) is 0 Å². The van der Waals surface area contributed by atoms with Crippen molar-refractivity contribution < 1.29 is 4.79 Å². The summed E-state index contributed by atoms with van der Waals surface area (Å²) in [5.74, 6) is 0.191. The molecule has 3 nitrogen and oxygen atoms in total. The zero-order valence-electron chi connectivity index (χ0n) is 8.68. The number of aromatic nitrogens is 1. The topological polar surface area (TPSA) is 56.0 Å². The first-order chi connectivity index (χ1) is 7.27. The van der Waals surface area contributed by atoms with E-state index in [2.05, 4.69) is 4.98 Å². The van der Waals surface area contributed by atoms with E-state index >= 15 is 0 Å². The molecule has 0 radical (unpaired) electrons. The van der Waals surface area contributed by atoms with Crippen molar-refractivity contribution >= 4 is 11.5 Å². The van der Waals surface area contributed by atoms with Crippen molar-refractivity contribution in [1.29, 1.82) is 0 Å². The molecule has 0 unspecified atom stereocenters. The Hall–Kier alpha value is -1.38. The molecule has 1 aromatic heterocycles. The van der Waals surface area contributed by atoms with Gasteiger partial charge in [0.05, 0.1) is 11.3 Å². The fourth-order valence-electron chi connectivity index (χ4n) is 2.70. The quantitative estimate of drug-likeness (QED) is 0.696. The summed E-state index contributed by atoms with van der Waals surface area (Å²) in [5.41, 5.74) is 10.8. The molecule has 15 heavy (non-hydrogen) atoms. The van der Waals surface area contributed by atoms with Crippen LogP contribution in [-0.4, -0.2) is 10.8 Å². The second-order valence-corrected chi connectivity index (χ2v) is 4.40. The van der Waals surface area contributed by atoms with Gasteiger partial charge >= 0.3 is 0 Å². The van der Waals surface area contributed by atoms with Gasteiger partial charge in [-0.15, -0.1) is 0 Å². The summed E-state index contributed by atoms with van der Waals surface area (Å²) < 4.78 is 0.